The minimum absolute atomic E-state index is 0.119. The van der Waals surface area contributed by atoms with Gasteiger partial charge in [-0.2, -0.15) is 5.10 Å². The first-order valence-electron chi connectivity index (χ1n) is 12.6. The van der Waals surface area contributed by atoms with Crippen LogP contribution < -0.4 is 4.74 Å². The van der Waals surface area contributed by atoms with Gasteiger partial charge in [-0.05, 0) is 54.3 Å². The minimum Gasteiger partial charge on any atom is -0.488 e. The Bertz CT molecular complexity index is 1550. The Hall–Kier alpha value is -3.42. The summed E-state index contributed by atoms with van der Waals surface area (Å²) in [6.45, 7) is 5.48. The molecular formula is C31H28BrClFN3O2. The van der Waals surface area contributed by atoms with E-state index in [-0.39, 0.29) is 17.1 Å². The average molecular weight is 609 g/mol. The number of aromatic nitrogens is 2. The molecule has 5 nitrogen and oxygen atoms in total. The molecule has 8 heteroatoms. The summed E-state index contributed by atoms with van der Waals surface area (Å²) < 4.78 is 23.2. The van der Waals surface area contributed by atoms with E-state index in [1.165, 1.54) is 6.07 Å². The SMILES string of the molecule is CC1(C)Cc2c(cnn2-c2ccccc2F)CN(C(=O)/C=C/c2cc(Br)ccc2OCc2ccccc2Cl)C1. The molecule has 200 valence electrons. The van der Waals surface area contributed by atoms with Crippen LogP contribution in [-0.4, -0.2) is 27.1 Å². The Kier molecular flexibility index (Phi) is 7.91. The summed E-state index contributed by atoms with van der Waals surface area (Å²) in [6, 6.07) is 19.8. The van der Waals surface area contributed by atoms with Crippen molar-refractivity contribution in [3.05, 3.63) is 117 Å². The van der Waals surface area contributed by atoms with Crippen LogP contribution in [0.4, 0.5) is 4.39 Å². The van der Waals surface area contributed by atoms with Crippen LogP contribution in [0.25, 0.3) is 11.8 Å². The zero-order chi connectivity index (χ0) is 27.6. The van der Waals surface area contributed by atoms with Crippen molar-refractivity contribution in [1.29, 1.82) is 0 Å². The molecule has 0 atom stereocenters. The smallest absolute Gasteiger partial charge is 0.246 e. The maximum atomic E-state index is 14.6. The van der Waals surface area contributed by atoms with Gasteiger partial charge in [0.25, 0.3) is 0 Å². The van der Waals surface area contributed by atoms with E-state index in [0.717, 1.165) is 26.9 Å². The van der Waals surface area contributed by atoms with Gasteiger partial charge < -0.3 is 9.64 Å². The lowest BCUT2D eigenvalue weighted by molar-refractivity contribution is -0.127. The Morgan fingerprint density at radius 1 is 1.15 bits per heavy atom. The molecule has 0 spiro atoms. The molecule has 39 heavy (non-hydrogen) atoms. The van der Waals surface area contributed by atoms with Gasteiger partial charge in [-0.1, -0.05) is 71.7 Å². The lowest BCUT2D eigenvalue weighted by atomic mass is 9.87. The van der Waals surface area contributed by atoms with E-state index in [9.17, 15) is 9.18 Å². The highest BCUT2D eigenvalue weighted by atomic mass is 79.9. The molecule has 1 aromatic heterocycles. The molecule has 0 fully saturated rings. The highest BCUT2D eigenvalue weighted by Crippen LogP contribution is 2.32. The molecule has 0 bridgehead atoms. The summed E-state index contributed by atoms with van der Waals surface area (Å²) in [6.07, 6.45) is 5.75. The predicted molar refractivity (Wildman–Crippen MR) is 155 cm³/mol. The topological polar surface area (TPSA) is 47.4 Å². The second kappa shape index (κ2) is 11.4. The molecule has 1 aliphatic heterocycles. The molecule has 2 heterocycles. The normalized spacial score (nSPS) is 14.7. The van der Waals surface area contributed by atoms with Gasteiger partial charge in [0.1, 0.15) is 23.9 Å². The molecule has 0 saturated heterocycles. The molecule has 3 aromatic carbocycles. The van der Waals surface area contributed by atoms with Gasteiger partial charge in [0.05, 0.1) is 6.20 Å². The van der Waals surface area contributed by atoms with E-state index >= 15 is 0 Å². The van der Waals surface area contributed by atoms with Gasteiger partial charge in [-0.15, -0.1) is 0 Å². The summed E-state index contributed by atoms with van der Waals surface area (Å²) in [4.78, 5) is 15.3. The van der Waals surface area contributed by atoms with Crippen LogP contribution in [0.2, 0.25) is 5.02 Å². The fraction of sp³-hybridized carbons (Fsp3) is 0.226. The van der Waals surface area contributed by atoms with Crippen molar-refractivity contribution in [1.82, 2.24) is 14.7 Å². The van der Waals surface area contributed by atoms with Gasteiger partial charge in [0.15, 0.2) is 0 Å². The third-order valence-corrected chi connectivity index (χ3v) is 7.55. The highest BCUT2D eigenvalue weighted by Gasteiger charge is 2.32. The average Bonchev–Trinajstić information content (AvgIpc) is 3.21. The maximum Gasteiger partial charge on any atom is 0.246 e. The summed E-state index contributed by atoms with van der Waals surface area (Å²) in [7, 11) is 0. The third-order valence-electron chi connectivity index (χ3n) is 6.69. The van der Waals surface area contributed by atoms with Crippen molar-refractivity contribution in [2.24, 2.45) is 5.41 Å². The number of amides is 1. The van der Waals surface area contributed by atoms with Crippen LogP contribution in [-0.2, 0) is 24.4 Å². The van der Waals surface area contributed by atoms with Crippen LogP contribution in [0, 0.1) is 11.2 Å². The van der Waals surface area contributed by atoms with E-state index in [0.29, 0.717) is 42.6 Å². The molecular weight excluding hydrogens is 581 g/mol. The number of hydrogen-bond donors (Lipinski definition) is 0. The number of nitrogens with zero attached hydrogens (tertiary/aromatic N) is 3. The first kappa shape index (κ1) is 27.2. The summed E-state index contributed by atoms with van der Waals surface area (Å²) >= 11 is 9.80. The van der Waals surface area contributed by atoms with E-state index < -0.39 is 0 Å². The van der Waals surface area contributed by atoms with Gasteiger partial charge in [0.2, 0.25) is 5.91 Å². The lowest BCUT2D eigenvalue weighted by Gasteiger charge is -2.29. The Labute approximate surface area is 241 Å². The molecule has 0 unspecified atom stereocenters. The van der Waals surface area contributed by atoms with E-state index in [1.54, 1.807) is 41.2 Å². The summed E-state index contributed by atoms with van der Waals surface area (Å²) in [5.74, 6) is 0.196. The van der Waals surface area contributed by atoms with Crippen LogP contribution in [0.1, 0.15) is 36.2 Å². The Morgan fingerprint density at radius 3 is 2.72 bits per heavy atom. The molecule has 0 saturated carbocycles. The number of ether oxygens (including phenoxy) is 1. The van der Waals surface area contributed by atoms with Gasteiger partial charge in [-0.25, -0.2) is 9.07 Å². The first-order valence-corrected chi connectivity index (χ1v) is 13.8. The molecule has 5 rings (SSSR count). The Morgan fingerprint density at radius 2 is 1.92 bits per heavy atom. The molecule has 1 aliphatic rings. The highest BCUT2D eigenvalue weighted by molar-refractivity contribution is 9.10. The standard InChI is InChI=1S/C31H28BrClFN3O2/c1-31(2)16-28-23(17-35-37(28)27-10-6-5-9-26(27)34)18-36(20-31)30(38)14-11-21-15-24(32)12-13-29(21)39-19-22-7-3-4-8-25(22)33/h3-15,17H,16,18-20H2,1-2H3/b14-11+. The fourth-order valence-electron chi connectivity index (χ4n) is 4.82. The fourth-order valence-corrected chi connectivity index (χ4v) is 5.39. The van der Waals surface area contributed by atoms with Crippen LogP contribution in [0.15, 0.2) is 83.5 Å². The molecule has 0 radical (unpaired) electrons. The van der Waals surface area contributed by atoms with E-state index in [2.05, 4.69) is 34.9 Å². The second-order valence-electron chi connectivity index (χ2n) is 10.4. The van der Waals surface area contributed by atoms with Crippen molar-refractivity contribution in [3.63, 3.8) is 0 Å². The van der Waals surface area contributed by atoms with Gasteiger partial charge in [-0.3, -0.25) is 4.79 Å². The predicted octanol–water partition coefficient (Wildman–Crippen LogP) is 7.63. The quantitative estimate of drug-likeness (QED) is 0.212. The number of carbonyl (C=O) groups excluding carboxylic acids is 1. The number of benzene rings is 3. The second-order valence-corrected chi connectivity index (χ2v) is 11.7. The largest absolute Gasteiger partial charge is 0.488 e. The van der Waals surface area contributed by atoms with Crippen LogP contribution in [0.5, 0.6) is 5.75 Å². The number of fused-ring (bicyclic) bond motifs is 1. The van der Waals surface area contributed by atoms with Crippen molar-refractivity contribution < 1.29 is 13.9 Å². The van der Waals surface area contributed by atoms with Crippen LogP contribution >= 0.6 is 27.5 Å². The van der Waals surface area contributed by atoms with Crippen molar-refractivity contribution in [2.75, 3.05) is 6.54 Å². The number of rotatable bonds is 6. The summed E-state index contributed by atoms with van der Waals surface area (Å²) in [5.41, 5.74) is 3.66. The Balaban J connectivity index is 1.37. The number of halogens is 3. The van der Waals surface area contributed by atoms with Gasteiger partial charge >= 0.3 is 0 Å². The number of carbonyl (C=O) groups is 1. The van der Waals surface area contributed by atoms with Crippen LogP contribution in [0.3, 0.4) is 0 Å². The zero-order valence-electron chi connectivity index (χ0n) is 21.7. The summed E-state index contributed by atoms with van der Waals surface area (Å²) in [5, 5.41) is 5.13. The minimum atomic E-state index is -0.331. The van der Waals surface area contributed by atoms with E-state index in [4.69, 9.17) is 16.3 Å². The van der Waals surface area contributed by atoms with Crippen molar-refractivity contribution in [3.8, 4) is 11.4 Å². The molecule has 0 N–H and O–H groups in total. The van der Waals surface area contributed by atoms with Crippen molar-refractivity contribution >= 4 is 39.5 Å². The third kappa shape index (κ3) is 6.26. The number of para-hydroxylation sites is 1. The zero-order valence-corrected chi connectivity index (χ0v) is 24.0. The first-order chi connectivity index (χ1) is 18.7. The molecule has 1 amide bonds. The van der Waals surface area contributed by atoms with Crippen molar-refractivity contribution in [2.45, 2.75) is 33.4 Å². The van der Waals surface area contributed by atoms with Gasteiger partial charge in [0, 0.05) is 51.0 Å². The maximum absolute atomic E-state index is 14.6. The molecule has 4 aromatic rings. The lowest BCUT2D eigenvalue weighted by Crippen LogP contribution is -2.36. The van der Waals surface area contributed by atoms with E-state index in [1.807, 2.05) is 47.4 Å². The monoisotopic (exact) mass is 607 g/mol. The molecule has 0 aliphatic carbocycles. The number of hydrogen-bond acceptors (Lipinski definition) is 3.